The summed E-state index contributed by atoms with van der Waals surface area (Å²) in [4.78, 5) is 18.2. The topological polar surface area (TPSA) is 107 Å². The van der Waals surface area contributed by atoms with Crippen LogP contribution in [0.25, 0.3) is 10.9 Å². The fourth-order valence-corrected chi connectivity index (χ4v) is 4.59. The Morgan fingerprint density at radius 3 is 2.68 bits per heavy atom. The van der Waals surface area contributed by atoms with Crippen LogP contribution in [0.3, 0.4) is 0 Å². The molecule has 0 amide bonds. The lowest BCUT2D eigenvalue weighted by Gasteiger charge is -2.22. The van der Waals surface area contributed by atoms with Crippen molar-refractivity contribution in [3.05, 3.63) is 106 Å². The maximum atomic E-state index is 13.1. The van der Waals surface area contributed by atoms with Crippen molar-refractivity contribution in [3.63, 3.8) is 0 Å². The van der Waals surface area contributed by atoms with Crippen molar-refractivity contribution < 1.29 is 14.2 Å². The van der Waals surface area contributed by atoms with Crippen molar-refractivity contribution in [1.82, 2.24) is 30.1 Å². The number of nitrogens with one attached hydrogen (secondary N) is 1. The first-order valence-corrected chi connectivity index (χ1v) is 12.2. The largest absolute Gasteiger partial charge is 0.497 e. The normalized spacial score (nSPS) is 12.4. The molecule has 1 aliphatic heterocycles. The van der Waals surface area contributed by atoms with Crippen LogP contribution in [0.1, 0.15) is 22.5 Å². The molecule has 10 nitrogen and oxygen atoms in total. The number of H-pyrrole nitrogens is 1. The molecule has 2 aromatic heterocycles. The quantitative estimate of drug-likeness (QED) is 0.321. The summed E-state index contributed by atoms with van der Waals surface area (Å²) < 4.78 is 18.1. The van der Waals surface area contributed by atoms with Gasteiger partial charge in [-0.15, -0.1) is 5.10 Å². The molecule has 1 N–H and O–H groups in total. The van der Waals surface area contributed by atoms with Crippen LogP contribution in [0.4, 0.5) is 0 Å². The standard InChI is InChI=1S/C28H26N6O4/c1-36-23-9-8-21-12-22(28(35)29-24(21)13-23)16-33(14-20-7-10-25-26(11-20)38-18-37-25)17-27-30-31-32-34(27)15-19-5-3-2-4-6-19/h2-13H,14-18H2,1H3,(H,29,35). The van der Waals surface area contributed by atoms with Gasteiger partial charge in [-0.05, 0) is 57.3 Å². The monoisotopic (exact) mass is 510 g/mol. The Morgan fingerprint density at radius 1 is 0.947 bits per heavy atom. The van der Waals surface area contributed by atoms with E-state index in [1.807, 2.05) is 72.8 Å². The van der Waals surface area contributed by atoms with E-state index in [-0.39, 0.29) is 12.4 Å². The molecule has 5 aromatic rings. The van der Waals surface area contributed by atoms with Crippen LogP contribution < -0.4 is 19.8 Å². The number of methoxy groups -OCH3 is 1. The van der Waals surface area contributed by atoms with E-state index in [9.17, 15) is 4.79 Å². The minimum Gasteiger partial charge on any atom is -0.497 e. The van der Waals surface area contributed by atoms with E-state index in [0.717, 1.165) is 27.8 Å². The summed E-state index contributed by atoms with van der Waals surface area (Å²) in [5, 5.41) is 13.4. The number of hydrogen-bond acceptors (Lipinski definition) is 8. The number of pyridine rings is 1. The molecule has 0 saturated heterocycles. The first-order chi connectivity index (χ1) is 18.6. The van der Waals surface area contributed by atoms with Gasteiger partial charge in [0.15, 0.2) is 17.3 Å². The highest BCUT2D eigenvalue weighted by Gasteiger charge is 2.19. The third-order valence-corrected chi connectivity index (χ3v) is 6.51. The second-order valence-corrected chi connectivity index (χ2v) is 9.15. The summed E-state index contributed by atoms with van der Waals surface area (Å²) in [7, 11) is 1.60. The van der Waals surface area contributed by atoms with Crippen molar-refractivity contribution in [2.24, 2.45) is 0 Å². The Bertz CT molecular complexity index is 1630. The second-order valence-electron chi connectivity index (χ2n) is 9.15. The average Bonchev–Trinajstić information content (AvgIpc) is 3.58. The predicted octanol–water partition coefficient (Wildman–Crippen LogP) is 3.50. The molecule has 6 rings (SSSR count). The molecule has 0 atom stereocenters. The fourth-order valence-electron chi connectivity index (χ4n) is 4.59. The minimum atomic E-state index is -0.148. The lowest BCUT2D eigenvalue weighted by molar-refractivity contribution is 0.174. The smallest absolute Gasteiger partial charge is 0.252 e. The van der Waals surface area contributed by atoms with Crippen LogP contribution in [-0.2, 0) is 26.2 Å². The van der Waals surface area contributed by atoms with Crippen LogP contribution in [-0.4, -0.2) is 44.0 Å². The zero-order valence-electron chi connectivity index (χ0n) is 20.8. The van der Waals surface area contributed by atoms with E-state index in [2.05, 4.69) is 25.4 Å². The summed E-state index contributed by atoms with van der Waals surface area (Å²) in [6, 6.07) is 23.5. The van der Waals surface area contributed by atoms with Crippen LogP contribution in [0, 0.1) is 0 Å². The molecular formula is C28H26N6O4. The highest BCUT2D eigenvalue weighted by atomic mass is 16.7. The number of aromatic amines is 1. The minimum absolute atomic E-state index is 0.148. The van der Waals surface area contributed by atoms with Crippen molar-refractivity contribution in [2.45, 2.75) is 26.2 Å². The number of ether oxygens (including phenoxy) is 3. The molecule has 3 heterocycles. The number of benzene rings is 3. The van der Waals surface area contributed by atoms with E-state index in [4.69, 9.17) is 14.2 Å². The molecule has 0 aliphatic carbocycles. The van der Waals surface area contributed by atoms with Crippen molar-refractivity contribution >= 4 is 10.9 Å². The summed E-state index contributed by atoms with van der Waals surface area (Å²) in [6.07, 6.45) is 0. The molecule has 0 saturated carbocycles. The predicted molar refractivity (Wildman–Crippen MR) is 140 cm³/mol. The van der Waals surface area contributed by atoms with E-state index < -0.39 is 0 Å². The summed E-state index contributed by atoms with van der Waals surface area (Å²) >= 11 is 0. The van der Waals surface area contributed by atoms with Gasteiger partial charge in [0.05, 0.1) is 25.7 Å². The first kappa shape index (κ1) is 23.7. The van der Waals surface area contributed by atoms with Gasteiger partial charge in [0.1, 0.15) is 5.75 Å². The third-order valence-electron chi connectivity index (χ3n) is 6.51. The Morgan fingerprint density at radius 2 is 1.82 bits per heavy atom. The zero-order valence-corrected chi connectivity index (χ0v) is 20.8. The summed E-state index contributed by atoms with van der Waals surface area (Å²) in [5.41, 5.74) is 3.35. The van der Waals surface area contributed by atoms with Crippen LogP contribution in [0.15, 0.2) is 77.6 Å². The molecule has 0 fully saturated rings. The molecule has 10 heteroatoms. The van der Waals surface area contributed by atoms with Crippen LogP contribution in [0.2, 0.25) is 0 Å². The van der Waals surface area contributed by atoms with Gasteiger partial charge in [0, 0.05) is 24.7 Å². The first-order valence-electron chi connectivity index (χ1n) is 12.2. The summed E-state index contributed by atoms with van der Waals surface area (Å²) in [6.45, 7) is 2.15. The Kier molecular flexibility index (Phi) is 6.45. The number of rotatable bonds is 9. The summed E-state index contributed by atoms with van der Waals surface area (Å²) in [5.74, 6) is 2.84. The van der Waals surface area contributed by atoms with Gasteiger partial charge in [-0.1, -0.05) is 36.4 Å². The Hall–Kier alpha value is -4.70. The second kappa shape index (κ2) is 10.3. The third kappa shape index (κ3) is 5.07. The molecule has 0 bridgehead atoms. The highest BCUT2D eigenvalue weighted by Crippen LogP contribution is 2.33. The maximum Gasteiger partial charge on any atom is 0.252 e. The van der Waals surface area contributed by atoms with E-state index in [1.165, 1.54) is 0 Å². The van der Waals surface area contributed by atoms with Gasteiger partial charge >= 0.3 is 0 Å². The van der Waals surface area contributed by atoms with Gasteiger partial charge in [-0.2, -0.15) is 0 Å². The lowest BCUT2D eigenvalue weighted by atomic mass is 10.1. The lowest BCUT2D eigenvalue weighted by Crippen LogP contribution is -2.28. The number of aromatic nitrogens is 5. The molecular weight excluding hydrogens is 484 g/mol. The zero-order chi connectivity index (χ0) is 25.9. The highest BCUT2D eigenvalue weighted by molar-refractivity contribution is 5.80. The molecule has 0 unspecified atom stereocenters. The van der Waals surface area contributed by atoms with Gasteiger partial charge in [-0.3, -0.25) is 9.69 Å². The number of nitrogens with zero attached hydrogens (tertiary/aromatic N) is 5. The van der Waals surface area contributed by atoms with E-state index in [0.29, 0.717) is 49.1 Å². The maximum absolute atomic E-state index is 13.1. The van der Waals surface area contributed by atoms with Gasteiger partial charge in [-0.25, -0.2) is 4.68 Å². The molecule has 3 aromatic carbocycles. The Balaban J connectivity index is 1.30. The average molecular weight is 511 g/mol. The van der Waals surface area contributed by atoms with Gasteiger partial charge in [0.2, 0.25) is 6.79 Å². The number of tetrazole rings is 1. The number of fused-ring (bicyclic) bond motifs is 2. The van der Waals surface area contributed by atoms with Crippen LogP contribution in [0.5, 0.6) is 17.2 Å². The van der Waals surface area contributed by atoms with Crippen molar-refractivity contribution in [1.29, 1.82) is 0 Å². The van der Waals surface area contributed by atoms with E-state index >= 15 is 0 Å². The van der Waals surface area contributed by atoms with Crippen molar-refractivity contribution in [3.8, 4) is 17.2 Å². The van der Waals surface area contributed by atoms with Crippen molar-refractivity contribution in [2.75, 3.05) is 13.9 Å². The SMILES string of the molecule is COc1ccc2cc(CN(Cc3ccc4c(c3)OCO4)Cc3nnnn3Cc3ccccc3)c(=O)[nH]c2c1. The Labute approximate surface area is 218 Å². The molecule has 1 aliphatic rings. The molecule has 38 heavy (non-hydrogen) atoms. The van der Waals surface area contributed by atoms with Gasteiger partial charge < -0.3 is 19.2 Å². The number of hydrogen-bond donors (Lipinski definition) is 1. The molecule has 0 radical (unpaired) electrons. The fraction of sp³-hybridized carbons (Fsp3) is 0.214. The molecule has 192 valence electrons. The van der Waals surface area contributed by atoms with E-state index in [1.54, 1.807) is 11.8 Å². The van der Waals surface area contributed by atoms with Crippen LogP contribution >= 0.6 is 0 Å². The van der Waals surface area contributed by atoms with Gasteiger partial charge in [0.25, 0.3) is 5.56 Å². The molecule has 0 spiro atoms.